The fraction of sp³-hybridized carbons (Fsp3) is 0.143. The van der Waals surface area contributed by atoms with Crippen molar-refractivity contribution in [3.05, 3.63) is 89.2 Å². The van der Waals surface area contributed by atoms with Gasteiger partial charge >= 0.3 is 0 Å². The highest BCUT2D eigenvalue weighted by atomic mass is 35.5. The number of methoxy groups -OCH3 is 1. The van der Waals surface area contributed by atoms with Gasteiger partial charge < -0.3 is 10.1 Å². The standard InChI is InChI=1S/C21H19ClN2O2/c1-26-19-4-2-3-18(14-19)24-21(25)20(13-15-9-11-23-12-10-15)16-5-7-17(22)8-6-16/h2-12,14,20H,13H2,1H3,(H,24,25). The Morgan fingerprint density at radius 1 is 1.12 bits per heavy atom. The summed E-state index contributed by atoms with van der Waals surface area (Å²) in [5.41, 5.74) is 2.65. The van der Waals surface area contributed by atoms with E-state index in [1.807, 2.05) is 42.5 Å². The molecule has 26 heavy (non-hydrogen) atoms. The van der Waals surface area contributed by atoms with Crippen LogP contribution in [0.1, 0.15) is 17.0 Å². The Hall–Kier alpha value is -2.85. The summed E-state index contributed by atoms with van der Waals surface area (Å²) >= 11 is 6.00. The largest absolute Gasteiger partial charge is 0.497 e. The summed E-state index contributed by atoms with van der Waals surface area (Å²) in [6, 6.07) is 18.5. The molecule has 0 aliphatic heterocycles. The number of anilines is 1. The van der Waals surface area contributed by atoms with Gasteiger partial charge in [-0.25, -0.2) is 0 Å². The highest BCUT2D eigenvalue weighted by Gasteiger charge is 2.21. The van der Waals surface area contributed by atoms with E-state index in [-0.39, 0.29) is 11.8 Å². The first-order valence-corrected chi connectivity index (χ1v) is 8.63. The van der Waals surface area contributed by atoms with E-state index in [1.165, 1.54) is 0 Å². The second-order valence-electron chi connectivity index (χ2n) is 5.88. The second-order valence-corrected chi connectivity index (χ2v) is 6.32. The molecule has 3 rings (SSSR count). The number of carbonyl (C=O) groups is 1. The van der Waals surface area contributed by atoms with Crippen molar-refractivity contribution < 1.29 is 9.53 Å². The van der Waals surface area contributed by atoms with E-state index in [0.29, 0.717) is 22.9 Å². The molecule has 0 bridgehead atoms. The van der Waals surface area contributed by atoms with Gasteiger partial charge in [0.05, 0.1) is 13.0 Å². The number of hydrogen-bond donors (Lipinski definition) is 1. The van der Waals surface area contributed by atoms with Crippen LogP contribution >= 0.6 is 11.6 Å². The number of benzene rings is 2. The zero-order chi connectivity index (χ0) is 18.4. The van der Waals surface area contributed by atoms with Crippen molar-refractivity contribution in [2.24, 2.45) is 0 Å². The number of nitrogens with zero attached hydrogens (tertiary/aromatic N) is 1. The van der Waals surface area contributed by atoms with Gasteiger partial charge in [0.2, 0.25) is 5.91 Å². The molecule has 3 aromatic rings. The SMILES string of the molecule is COc1cccc(NC(=O)C(Cc2ccncc2)c2ccc(Cl)cc2)c1. The smallest absolute Gasteiger partial charge is 0.232 e. The number of amides is 1. The Morgan fingerprint density at radius 2 is 1.85 bits per heavy atom. The maximum Gasteiger partial charge on any atom is 0.232 e. The Bertz CT molecular complexity index is 867. The zero-order valence-electron chi connectivity index (χ0n) is 14.4. The molecule has 1 N–H and O–H groups in total. The van der Waals surface area contributed by atoms with Crippen LogP contribution in [0.5, 0.6) is 5.75 Å². The summed E-state index contributed by atoms with van der Waals surface area (Å²) in [5, 5.41) is 3.63. The van der Waals surface area contributed by atoms with Crippen LogP contribution < -0.4 is 10.1 Å². The van der Waals surface area contributed by atoms with Gasteiger partial charge in [-0.05, 0) is 53.9 Å². The van der Waals surface area contributed by atoms with E-state index in [0.717, 1.165) is 11.1 Å². The van der Waals surface area contributed by atoms with Gasteiger partial charge in [-0.15, -0.1) is 0 Å². The molecular weight excluding hydrogens is 348 g/mol. The lowest BCUT2D eigenvalue weighted by Gasteiger charge is -2.18. The van der Waals surface area contributed by atoms with Crippen molar-refractivity contribution in [1.29, 1.82) is 0 Å². The molecule has 1 amide bonds. The molecule has 0 aliphatic carbocycles. The predicted molar refractivity (Wildman–Crippen MR) is 104 cm³/mol. The second kappa shape index (κ2) is 8.50. The summed E-state index contributed by atoms with van der Waals surface area (Å²) < 4.78 is 5.22. The first-order valence-electron chi connectivity index (χ1n) is 8.25. The van der Waals surface area contributed by atoms with Crippen LogP contribution in [-0.4, -0.2) is 18.0 Å². The average molecular weight is 367 g/mol. The number of nitrogens with one attached hydrogen (secondary N) is 1. The molecule has 1 unspecified atom stereocenters. The summed E-state index contributed by atoms with van der Waals surface area (Å²) in [7, 11) is 1.60. The first kappa shape index (κ1) is 18.0. The molecule has 0 aliphatic rings. The molecule has 0 fully saturated rings. The molecule has 1 aromatic heterocycles. The quantitative estimate of drug-likeness (QED) is 0.687. The third kappa shape index (κ3) is 4.61. The molecule has 0 saturated carbocycles. The fourth-order valence-electron chi connectivity index (χ4n) is 2.74. The minimum atomic E-state index is -0.346. The molecule has 1 heterocycles. The van der Waals surface area contributed by atoms with Crippen LogP contribution in [0.2, 0.25) is 5.02 Å². The number of rotatable bonds is 6. The van der Waals surface area contributed by atoms with E-state index < -0.39 is 0 Å². The van der Waals surface area contributed by atoms with Crippen molar-refractivity contribution >= 4 is 23.2 Å². The topological polar surface area (TPSA) is 51.2 Å². The minimum absolute atomic E-state index is 0.0858. The molecule has 0 saturated heterocycles. The van der Waals surface area contributed by atoms with E-state index in [1.54, 1.807) is 37.7 Å². The number of carbonyl (C=O) groups excluding carboxylic acids is 1. The van der Waals surface area contributed by atoms with Crippen molar-refractivity contribution in [1.82, 2.24) is 4.98 Å². The molecule has 0 spiro atoms. The van der Waals surface area contributed by atoms with Crippen LogP contribution in [0.25, 0.3) is 0 Å². The zero-order valence-corrected chi connectivity index (χ0v) is 15.1. The average Bonchev–Trinajstić information content (AvgIpc) is 2.68. The first-order chi connectivity index (χ1) is 12.7. The fourth-order valence-corrected chi connectivity index (χ4v) is 2.87. The monoisotopic (exact) mass is 366 g/mol. The maximum absolute atomic E-state index is 13.0. The van der Waals surface area contributed by atoms with Crippen LogP contribution in [-0.2, 0) is 11.2 Å². The molecule has 1 atom stereocenters. The number of ether oxygens (including phenoxy) is 1. The Labute approximate surface area is 157 Å². The van der Waals surface area contributed by atoms with Crippen LogP contribution in [0, 0.1) is 0 Å². The molecule has 4 nitrogen and oxygen atoms in total. The summed E-state index contributed by atoms with van der Waals surface area (Å²) in [6.07, 6.45) is 4.03. The van der Waals surface area contributed by atoms with Gasteiger partial charge in [-0.3, -0.25) is 9.78 Å². The Balaban J connectivity index is 1.86. The molecule has 2 aromatic carbocycles. The predicted octanol–water partition coefficient (Wildman–Crippen LogP) is 4.71. The lowest BCUT2D eigenvalue weighted by Crippen LogP contribution is -2.23. The molecular formula is C21H19ClN2O2. The third-order valence-corrected chi connectivity index (χ3v) is 4.37. The number of hydrogen-bond acceptors (Lipinski definition) is 3. The summed E-state index contributed by atoms with van der Waals surface area (Å²) in [5.74, 6) is 0.262. The van der Waals surface area contributed by atoms with Crippen LogP contribution in [0.4, 0.5) is 5.69 Å². The lowest BCUT2D eigenvalue weighted by atomic mass is 9.91. The summed E-state index contributed by atoms with van der Waals surface area (Å²) in [4.78, 5) is 17.0. The Kier molecular flexibility index (Phi) is 5.87. The maximum atomic E-state index is 13.0. The van der Waals surface area contributed by atoms with Gasteiger partial charge in [0, 0.05) is 29.2 Å². The van der Waals surface area contributed by atoms with Crippen molar-refractivity contribution in [2.75, 3.05) is 12.4 Å². The van der Waals surface area contributed by atoms with Gasteiger partial charge in [0.1, 0.15) is 5.75 Å². The lowest BCUT2D eigenvalue weighted by molar-refractivity contribution is -0.117. The molecule has 0 radical (unpaired) electrons. The molecule has 132 valence electrons. The van der Waals surface area contributed by atoms with Gasteiger partial charge in [0.25, 0.3) is 0 Å². The highest BCUT2D eigenvalue weighted by Crippen LogP contribution is 2.25. The van der Waals surface area contributed by atoms with Crippen LogP contribution in [0.3, 0.4) is 0 Å². The third-order valence-electron chi connectivity index (χ3n) is 4.12. The summed E-state index contributed by atoms with van der Waals surface area (Å²) in [6.45, 7) is 0. The van der Waals surface area contributed by atoms with E-state index >= 15 is 0 Å². The normalized spacial score (nSPS) is 11.6. The van der Waals surface area contributed by atoms with E-state index in [4.69, 9.17) is 16.3 Å². The minimum Gasteiger partial charge on any atom is -0.497 e. The van der Waals surface area contributed by atoms with Gasteiger partial charge in [0.15, 0.2) is 0 Å². The van der Waals surface area contributed by atoms with Crippen molar-refractivity contribution in [3.63, 3.8) is 0 Å². The van der Waals surface area contributed by atoms with Crippen LogP contribution in [0.15, 0.2) is 73.1 Å². The number of aromatic nitrogens is 1. The van der Waals surface area contributed by atoms with Crippen molar-refractivity contribution in [2.45, 2.75) is 12.3 Å². The Morgan fingerprint density at radius 3 is 2.54 bits per heavy atom. The van der Waals surface area contributed by atoms with E-state index in [2.05, 4.69) is 10.3 Å². The number of halogens is 1. The number of pyridine rings is 1. The van der Waals surface area contributed by atoms with Gasteiger partial charge in [-0.1, -0.05) is 29.8 Å². The molecule has 5 heteroatoms. The van der Waals surface area contributed by atoms with E-state index in [9.17, 15) is 4.79 Å². The van der Waals surface area contributed by atoms with Crippen molar-refractivity contribution in [3.8, 4) is 5.75 Å². The van der Waals surface area contributed by atoms with Gasteiger partial charge in [-0.2, -0.15) is 0 Å². The highest BCUT2D eigenvalue weighted by molar-refractivity contribution is 6.30.